The van der Waals surface area contributed by atoms with Crippen molar-refractivity contribution >= 4 is 5.91 Å². The lowest BCUT2D eigenvalue weighted by Crippen LogP contribution is -2.35. The molecule has 0 spiro atoms. The highest BCUT2D eigenvalue weighted by Gasteiger charge is 2.17. The number of amides is 1. The van der Waals surface area contributed by atoms with Gasteiger partial charge in [0.05, 0.1) is 12.2 Å². The van der Waals surface area contributed by atoms with Crippen LogP contribution in [0.1, 0.15) is 33.6 Å². The van der Waals surface area contributed by atoms with E-state index in [1.54, 1.807) is 47.0 Å². The van der Waals surface area contributed by atoms with Gasteiger partial charge in [-0.3, -0.25) is 14.7 Å². The fourth-order valence-electron chi connectivity index (χ4n) is 3.90. The molecule has 2 heterocycles. The Labute approximate surface area is 197 Å². The molecule has 0 bridgehead atoms. The maximum atomic E-state index is 13.1. The number of aryl methyl sites for hydroxylation is 2. The molecule has 2 aromatic heterocycles. The number of rotatable bonds is 8. The van der Waals surface area contributed by atoms with Crippen molar-refractivity contribution in [2.75, 3.05) is 13.6 Å². The molecule has 0 aliphatic rings. The first-order valence-electron chi connectivity index (χ1n) is 11.2. The standard InChI is InChI=1S/C27H27FN4O2/c1-19-6-3-7-20(16-19)18-32-15-5-9-24(27(32)34)26(33)31(2)14-4-8-23-17-25(30-29-23)21-10-12-22(28)13-11-21/h3,5-7,9-13,15-17H,4,8,14,18H2,1-2H3,(H,29,30). The first-order chi connectivity index (χ1) is 16.4. The molecule has 0 atom stereocenters. The Bertz CT molecular complexity index is 1340. The van der Waals surface area contributed by atoms with Crippen molar-refractivity contribution in [1.82, 2.24) is 19.7 Å². The summed E-state index contributed by atoms with van der Waals surface area (Å²) in [5, 5.41) is 7.28. The summed E-state index contributed by atoms with van der Waals surface area (Å²) < 4.78 is 14.7. The molecule has 0 saturated heterocycles. The van der Waals surface area contributed by atoms with Crippen molar-refractivity contribution in [2.24, 2.45) is 0 Å². The van der Waals surface area contributed by atoms with Crippen LogP contribution in [-0.4, -0.2) is 39.2 Å². The average Bonchev–Trinajstić information content (AvgIpc) is 3.29. The normalized spacial score (nSPS) is 10.9. The first kappa shape index (κ1) is 23.2. The Morgan fingerprint density at radius 1 is 1.09 bits per heavy atom. The van der Waals surface area contributed by atoms with Crippen LogP contribution in [0.4, 0.5) is 4.39 Å². The molecule has 6 nitrogen and oxygen atoms in total. The molecule has 2 aromatic carbocycles. The van der Waals surface area contributed by atoms with Gasteiger partial charge in [0.15, 0.2) is 0 Å². The van der Waals surface area contributed by atoms with Gasteiger partial charge in [-0.1, -0.05) is 29.8 Å². The van der Waals surface area contributed by atoms with Crippen LogP contribution >= 0.6 is 0 Å². The molecule has 0 aliphatic heterocycles. The molecule has 0 aliphatic carbocycles. The summed E-state index contributed by atoms with van der Waals surface area (Å²) in [4.78, 5) is 27.5. The molecule has 1 N–H and O–H groups in total. The third-order valence-electron chi connectivity index (χ3n) is 5.74. The molecule has 7 heteroatoms. The van der Waals surface area contributed by atoms with Crippen LogP contribution in [0, 0.1) is 12.7 Å². The lowest BCUT2D eigenvalue weighted by molar-refractivity contribution is 0.0791. The van der Waals surface area contributed by atoms with Crippen LogP contribution in [0.5, 0.6) is 0 Å². The Balaban J connectivity index is 1.36. The van der Waals surface area contributed by atoms with E-state index in [4.69, 9.17) is 0 Å². The number of nitrogens with one attached hydrogen (secondary N) is 1. The zero-order chi connectivity index (χ0) is 24.1. The minimum Gasteiger partial charge on any atom is -0.342 e. The van der Waals surface area contributed by atoms with Crippen molar-refractivity contribution < 1.29 is 9.18 Å². The summed E-state index contributed by atoms with van der Waals surface area (Å²) in [6, 6.07) is 19.4. The SMILES string of the molecule is Cc1cccc(Cn2cccc(C(=O)N(C)CCCc3cc(-c4ccc(F)cc4)n[nH]3)c2=O)c1. The zero-order valence-electron chi connectivity index (χ0n) is 19.3. The number of carbonyl (C=O) groups is 1. The van der Waals surface area contributed by atoms with Gasteiger partial charge in [0.25, 0.3) is 11.5 Å². The van der Waals surface area contributed by atoms with Gasteiger partial charge < -0.3 is 9.47 Å². The van der Waals surface area contributed by atoms with Crippen molar-refractivity contribution in [2.45, 2.75) is 26.3 Å². The second-order valence-electron chi connectivity index (χ2n) is 8.46. The highest BCUT2D eigenvalue weighted by molar-refractivity contribution is 5.93. The van der Waals surface area contributed by atoms with Gasteiger partial charge in [0.1, 0.15) is 11.4 Å². The molecule has 0 radical (unpaired) electrons. The van der Waals surface area contributed by atoms with Gasteiger partial charge in [-0.2, -0.15) is 5.10 Å². The lowest BCUT2D eigenvalue weighted by Gasteiger charge is -2.17. The second kappa shape index (κ2) is 10.3. The van der Waals surface area contributed by atoms with E-state index in [2.05, 4.69) is 10.2 Å². The molecule has 0 fully saturated rings. The smallest absolute Gasteiger partial charge is 0.263 e. The van der Waals surface area contributed by atoms with Crippen molar-refractivity contribution in [3.63, 3.8) is 0 Å². The Morgan fingerprint density at radius 2 is 1.88 bits per heavy atom. The van der Waals surface area contributed by atoms with Crippen LogP contribution < -0.4 is 5.56 Å². The number of aromatic amines is 1. The largest absolute Gasteiger partial charge is 0.342 e. The van der Waals surface area contributed by atoms with E-state index in [0.717, 1.165) is 28.1 Å². The Morgan fingerprint density at radius 3 is 2.65 bits per heavy atom. The number of benzene rings is 2. The minimum atomic E-state index is -0.293. The van der Waals surface area contributed by atoms with Crippen LogP contribution in [0.2, 0.25) is 0 Å². The summed E-state index contributed by atoms with van der Waals surface area (Å²) in [7, 11) is 1.70. The summed E-state index contributed by atoms with van der Waals surface area (Å²) in [5.41, 5.74) is 4.52. The highest BCUT2D eigenvalue weighted by Crippen LogP contribution is 2.18. The van der Waals surface area contributed by atoms with Gasteiger partial charge >= 0.3 is 0 Å². The first-order valence-corrected chi connectivity index (χ1v) is 11.2. The van der Waals surface area contributed by atoms with Gasteiger partial charge in [0.2, 0.25) is 0 Å². The number of halogens is 1. The number of nitrogens with zero attached hydrogens (tertiary/aromatic N) is 3. The van der Waals surface area contributed by atoms with Crippen LogP contribution in [0.15, 0.2) is 77.7 Å². The van der Waals surface area contributed by atoms with E-state index in [9.17, 15) is 14.0 Å². The van der Waals surface area contributed by atoms with Gasteiger partial charge in [-0.25, -0.2) is 4.39 Å². The summed E-state index contributed by atoms with van der Waals surface area (Å²) >= 11 is 0. The van der Waals surface area contributed by atoms with Gasteiger partial charge in [0, 0.05) is 31.0 Å². The number of carbonyl (C=O) groups excluding carboxylic acids is 1. The lowest BCUT2D eigenvalue weighted by atomic mass is 10.1. The number of pyridine rings is 1. The second-order valence-corrected chi connectivity index (χ2v) is 8.46. The summed E-state index contributed by atoms with van der Waals surface area (Å²) in [6.45, 7) is 2.92. The van der Waals surface area contributed by atoms with Crippen molar-refractivity contribution in [3.05, 3.63) is 111 Å². The topological polar surface area (TPSA) is 71.0 Å². The Hall–Kier alpha value is -4.00. The van der Waals surface area contributed by atoms with Crippen LogP contribution in [0.3, 0.4) is 0 Å². The van der Waals surface area contributed by atoms with Crippen LogP contribution in [0.25, 0.3) is 11.3 Å². The molecule has 4 aromatic rings. The van der Waals surface area contributed by atoms with E-state index >= 15 is 0 Å². The number of aromatic nitrogens is 3. The van der Waals surface area contributed by atoms with Gasteiger partial charge in [-0.05, 0) is 67.8 Å². The van der Waals surface area contributed by atoms with E-state index in [-0.39, 0.29) is 22.8 Å². The number of H-pyrrole nitrogens is 1. The fourth-order valence-corrected chi connectivity index (χ4v) is 3.90. The van der Waals surface area contributed by atoms with Crippen molar-refractivity contribution in [1.29, 1.82) is 0 Å². The van der Waals surface area contributed by atoms with Crippen LogP contribution in [-0.2, 0) is 13.0 Å². The monoisotopic (exact) mass is 458 g/mol. The van der Waals surface area contributed by atoms with E-state index in [1.165, 1.54) is 12.1 Å². The molecular weight excluding hydrogens is 431 g/mol. The average molecular weight is 459 g/mol. The van der Waals surface area contributed by atoms with E-state index < -0.39 is 0 Å². The van der Waals surface area contributed by atoms with E-state index in [1.807, 2.05) is 37.3 Å². The summed E-state index contributed by atoms with van der Waals surface area (Å²) in [6.07, 6.45) is 3.11. The molecule has 174 valence electrons. The number of hydrogen-bond acceptors (Lipinski definition) is 3. The fraction of sp³-hybridized carbons (Fsp3) is 0.222. The van der Waals surface area contributed by atoms with Gasteiger partial charge in [-0.15, -0.1) is 0 Å². The molecule has 0 unspecified atom stereocenters. The molecule has 4 rings (SSSR count). The molecular formula is C27H27FN4O2. The quantitative estimate of drug-likeness (QED) is 0.424. The zero-order valence-corrected chi connectivity index (χ0v) is 19.3. The maximum Gasteiger partial charge on any atom is 0.263 e. The molecule has 34 heavy (non-hydrogen) atoms. The van der Waals surface area contributed by atoms with Crippen molar-refractivity contribution in [3.8, 4) is 11.3 Å². The van der Waals surface area contributed by atoms with E-state index in [0.29, 0.717) is 25.9 Å². The minimum absolute atomic E-state index is 0.165. The highest BCUT2D eigenvalue weighted by atomic mass is 19.1. The number of hydrogen-bond donors (Lipinski definition) is 1. The predicted octanol–water partition coefficient (Wildman–Crippen LogP) is 4.44. The summed E-state index contributed by atoms with van der Waals surface area (Å²) in [5.74, 6) is -0.576. The maximum absolute atomic E-state index is 13.1. The predicted molar refractivity (Wildman–Crippen MR) is 130 cm³/mol. The Kier molecular flexibility index (Phi) is 7.01. The third-order valence-corrected chi connectivity index (χ3v) is 5.74. The third kappa shape index (κ3) is 5.49. The molecule has 1 amide bonds. The molecule has 0 saturated carbocycles.